The topological polar surface area (TPSA) is 119 Å². The standard InChI is InChI=1S/C28H35N7O3/c1-7-34(8-2)13-12-30-23-15-19(22(16-36)33(23)5)26-31-25(29)21-14-20(24-17(3)10-9-11-18(24)4)28(37)35(38-6)27(21)32-26/h9-11,14-15,19,30H,7-8,12-13H2,1-6H3,(H2,29,31,32). The van der Waals surface area contributed by atoms with E-state index in [-0.39, 0.29) is 22.8 Å². The van der Waals surface area contributed by atoms with E-state index < -0.39 is 5.92 Å². The number of fused-ring (bicyclic) bond motifs is 1. The SMILES string of the molecule is CCN(CC)CCNC1=CC(c2nc(N)c3cc(-c4c(C)cccc4C)c(=O)n(OC)c3n2)C(=C=O)N1C. The molecule has 10 heteroatoms. The van der Waals surface area contributed by atoms with E-state index in [0.29, 0.717) is 23.2 Å². The molecule has 38 heavy (non-hydrogen) atoms. The number of nitrogen functional groups attached to an aromatic ring is 1. The molecule has 0 amide bonds. The summed E-state index contributed by atoms with van der Waals surface area (Å²) in [5.41, 5.74) is 9.86. The van der Waals surface area contributed by atoms with E-state index in [1.54, 1.807) is 18.0 Å². The highest BCUT2D eigenvalue weighted by Crippen LogP contribution is 2.35. The Balaban J connectivity index is 1.79. The summed E-state index contributed by atoms with van der Waals surface area (Å²) in [5, 5.41) is 3.88. The smallest absolute Gasteiger partial charge is 0.292 e. The molecular weight excluding hydrogens is 482 g/mol. The highest BCUT2D eigenvalue weighted by Gasteiger charge is 2.32. The third kappa shape index (κ3) is 4.76. The van der Waals surface area contributed by atoms with Crippen molar-refractivity contribution in [2.45, 2.75) is 33.6 Å². The Hall–Kier alpha value is -4.14. The Labute approximate surface area is 222 Å². The molecule has 3 heterocycles. The van der Waals surface area contributed by atoms with Crippen LogP contribution in [0.4, 0.5) is 5.82 Å². The molecular formula is C28H35N7O3. The molecule has 0 bridgehead atoms. The van der Waals surface area contributed by atoms with Gasteiger partial charge in [0.15, 0.2) is 5.65 Å². The summed E-state index contributed by atoms with van der Waals surface area (Å²) in [6.45, 7) is 11.7. The van der Waals surface area contributed by atoms with Crippen LogP contribution in [0.5, 0.6) is 0 Å². The van der Waals surface area contributed by atoms with E-state index in [9.17, 15) is 9.59 Å². The van der Waals surface area contributed by atoms with Crippen molar-refractivity contribution in [1.82, 2.24) is 29.8 Å². The minimum Gasteiger partial charge on any atom is -0.412 e. The largest absolute Gasteiger partial charge is 0.412 e. The average Bonchev–Trinajstić information content (AvgIpc) is 3.22. The van der Waals surface area contributed by atoms with Gasteiger partial charge in [0, 0.05) is 20.1 Å². The molecule has 0 aliphatic carbocycles. The van der Waals surface area contributed by atoms with E-state index in [1.165, 1.54) is 7.11 Å². The zero-order valence-corrected chi connectivity index (χ0v) is 22.8. The lowest BCUT2D eigenvalue weighted by molar-refractivity contribution is 0.168. The first-order valence-corrected chi connectivity index (χ1v) is 12.8. The Morgan fingerprint density at radius 2 is 1.87 bits per heavy atom. The van der Waals surface area contributed by atoms with Gasteiger partial charge in [0.1, 0.15) is 36.2 Å². The fourth-order valence-electron chi connectivity index (χ4n) is 5.00. The van der Waals surface area contributed by atoms with Crippen LogP contribution in [-0.4, -0.2) is 70.8 Å². The summed E-state index contributed by atoms with van der Waals surface area (Å²) >= 11 is 0. The number of nitrogens with two attached hydrogens (primary N) is 1. The molecule has 1 atom stereocenters. The van der Waals surface area contributed by atoms with E-state index in [1.807, 2.05) is 44.1 Å². The van der Waals surface area contributed by atoms with E-state index in [2.05, 4.69) is 34.0 Å². The van der Waals surface area contributed by atoms with Crippen LogP contribution in [0.2, 0.25) is 0 Å². The van der Waals surface area contributed by atoms with Gasteiger partial charge in [0.25, 0.3) is 5.56 Å². The second-order valence-electron chi connectivity index (χ2n) is 9.34. The summed E-state index contributed by atoms with van der Waals surface area (Å²) in [6.07, 6.45) is 1.88. The number of nitrogens with one attached hydrogen (secondary N) is 1. The van der Waals surface area contributed by atoms with E-state index in [0.717, 1.165) is 46.9 Å². The summed E-state index contributed by atoms with van der Waals surface area (Å²) < 4.78 is 1.13. The second-order valence-corrected chi connectivity index (χ2v) is 9.34. The molecule has 1 unspecified atom stereocenters. The Bertz CT molecular complexity index is 1480. The van der Waals surface area contributed by atoms with Crippen molar-refractivity contribution in [3.8, 4) is 11.1 Å². The van der Waals surface area contributed by atoms with E-state index in [4.69, 9.17) is 10.6 Å². The van der Waals surface area contributed by atoms with E-state index >= 15 is 0 Å². The normalized spacial score (nSPS) is 15.2. The number of anilines is 1. The van der Waals surface area contributed by atoms with Crippen LogP contribution in [-0.2, 0) is 4.79 Å². The van der Waals surface area contributed by atoms with Gasteiger partial charge in [0.05, 0.1) is 16.9 Å². The summed E-state index contributed by atoms with van der Waals surface area (Å²) in [4.78, 5) is 44.3. The predicted molar refractivity (Wildman–Crippen MR) is 149 cm³/mol. The number of aromatic nitrogens is 3. The highest BCUT2D eigenvalue weighted by molar-refractivity contribution is 5.90. The number of rotatable bonds is 9. The maximum absolute atomic E-state index is 13.5. The Kier molecular flexibility index (Phi) is 7.85. The first-order chi connectivity index (χ1) is 18.2. The third-order valence-corrected chi connectivity index (χ3v) is 7.15. The van der Waals surface area contributed by atoms with Gasteiger partial charge >= 0.3 is 0 Å². The number of benzene rings is 1. The molecule has 0 fully saturated rings. The maximum atomic E-state index is 13.5. The lowest BCUT2D eigenvalue weighted by atomic mass is 9.96. The van der Waals surface area contributed by atoms with Crippen molar-refractivity contribution in [1.29, 1.82) is 0 Å². The van der Waals surface area contributed by atoms with Gasteiger partial charge < -0.3 is 25.7 Å². The molecule has 2 aromatic heterocycles. The number of hydrogen-bond donors (Lipinski definition) is 2. The summed E-state index contributed by atoms with van der Waals surface area (Å²) in [6, 6.07) is 7.58. The van der Waals surface area contributed by atoms with Crippen LogP contribution in [0.25, 0.3) is 22.2 Å². The van der Waals surface area contributed by atoms with Crippen molar-refractivity contribution in [2.24, 2.45) is 0 Å². The quantitative estimate of drug-likeness (QED) is 0.412. The fraction of sp³-hybridized carbons (Fsp3) is 0.393. The zero-order chi connectivity index (χ0) is 27.6. The predicted octanol–water partition coefficient (Wildman–Crippen LogP) is 2.23. The monoisotopic (exact) mass is 517 g/mol. The first kappa shape index (κ1) is 26.9. The second kappa shape index (κ2) is 11.1. The van der Waals surface area contributed by atoms with Gasteiger partial charge in [-0.2, -0.15) is 0 Å². The number of hydrogen-bond acceptors (Lipinski definition) is 9. The molecule has 1 aliphatic rings. The summed E-state index contributed by atoms with van der Waals surface area (Å²) in [5.74, 6) is 2.68. The van der Waals surface area contributed by atoms with Crippen molar-refractivity contribution in [2.75, 3.05) is 46.1 Å². The molecule has 200 valence electrons. The van der Waals surface area contributed by atoms with Gasteiger partial charge in [-0.15, -0.1) is 4.73 Å². The zero-order valence-electron chi connectivity index (χ0n) is 22.8. The van der Waals surface area contributed by atoms with Crippen LogP contribution in [0.1, 0.15) is 36.7 Å². The van der Waals surface area contributed by atoms with Gasteiger partial charge in [0.2, 0.25) is 0 Å². The molecule has 10 nitrogen and oxygen atoms in total. The lowest BCUT2D eigenvalue weighted by Gasteiger charge is -2.22. The van der Waals surface area contributed by atoms with Gasteiger partial charge in [-0.25, -0.2) is 14.8 Å². The van der Waals surface area contributed by atoms with Crippen LogP contribution in [0.15, 0.2) is 46.7 Å². The number of allylic oxidation sites excluding steroid dienone is 1. The van der Waals surface area contributed by atoms with Gasteiger partial charge in [-0.3, -0.25) is 4.79 Å². The molecule has 3 N–H and O–H groups in total. The van der Waals surface area contributed by atoms with Crippen molar-refractivity contribution < 1.29 is 9.63 Å². The fourth-order valence-corrected chi connectivity index (χ4v) is 5.00. The maximum Gasteiger partial charge on any atom is 0.292 e. The lowest BCUT2D eigenvalue weighted by Crippen LogP contribution is -2.34. The van der Waals surface area contributed by atoms with Gasteiger partial charge in [-0.05, 0) is 55.8 Å². The molecule has 0 saturated carbocycles. The highest BCUT2D eigenvalue weighted by atomic mass is 16.6. The minimum atomic E-state index is -0.584. The molecule has 3 aromatic rings. The molecule has 1 aliphatic heterocycles. The van der Waals surface area contributed by atoms with Crippen molar-refractivity contribution >= 4 is 22.8 Å². The number of likely N-dealkylation sites (N-methyl/N-ethyl adjacent to an activating group) is 2. The number of nitrogens with zero attached hydrogens (tertiary/aromatic N) is 5. The third-order valence-electron chi connectivity index (χ3n) is 7.15. The number of aryl methyl sites for hydroxylation is 2. The number of pyridine rings is 1. The van der Waals surface area contributed by atoms with Crippen molar-refractivity contribution in [3.63, 3.8) is 0 Å². The van der Waals surface area contributed by atoms with Crippen LogP contribution in [0, 0.1) is 13.8 Å². The molecule has 0 saturated heterocycles. The molecule has 1 aromatic carbocycles. The Morgan fingerprint density at radius 3 is 2.47 bits per heavy atom. The number of carbonyl (C=O) groups excluding carboxylic acids is 1. The van der Waals surface area contributed by atoms with Crippen LogP contribution < -0.4 is 21.4 Å². The minimum absolute atomic E-state index is 0.188. The molecule has 0 radical (unpaired) electrons. The van der Waals surface area contributed by atoms with Crippen LogP contribution in [0.3, 0.4) is 0 Å². The van der Waals surface area contributed by atoms with Crippen LogP contribution >= 0.6 is 0 Å². The first-order valence-electron chi connectivity index (χ1n) is 12.8. The average molecular weight is 518 g/mol. The van der Waals surface area contributed by atoms with Crippen molar-refractivity contribution in [3.05, 3.63) is 69.2 Å². The van der Waals surface area contributed by atoms with Gasteiger partial charge in [-0.1, -0.05) is 32.0 Å². The Morgan fingerprint density at radius 1 is 1.18 bits per heavy atom. The molecule has 0 spiro atoms. The summed E-state index contributed by atoms with van der Waals surface area (Å²) in [7, 11) is 3.20. The molecule has 4 rings (SSSR count).